The van der Waals surface area contributed by atoms with Crippen LogP contribution in [0.15, 0.2) is 12.4 Å². The number of rotatable bonds is 3. The van der Waals surface area contributed by atoms with Crippen LogP contribution in [0.25, 0.3) is 0 Å². The zero-order valence-electron chi connectivity index (χ0n) is 8.95. The minimum atomic E-state index is -0.970. The van der Waals surface area contributed by atoms with Crippen molar-refractivity contribution in [3.63, 3.8) is 0 Å². The second-order valence-electron chi connectivity index (χ2n) is 3.49. The van der Waals surface area contributed by atoms with E-state index in [1.807, 2.05) is 0 Å². The lowest BCUT2D eigenvalue weighted by Gasteiger charge is -2.00. The molecule has 0 spiro atoms. The molecule has 7 heteroatoms. The molecule has 0 aliphatic rings. The molecule has 0 aliphatic heterocycles. The normalized spacial score (nSPS) is 10.6. The lowest BCUT2D eigenvalue weighted by atomic mass is 10.3. The van der Waals surface area contributed by atoms with Crippen LogP contribution in [-0.2, 0) is 13.6 Å². The number of carboxylic acids is 1. The summed E-state index contributed by atoms with van der Waals surface area (Å²) < 4.78 is 3.18. The van der Waals surface area contributed by atoms with Crippen LogP contribution in [0, 0.1) is 6.92 Å². The molecule has 0 saturated heterocycles. The predicted molar refractivity (Wildman–Crippen MR) is 54.0 cm³/mol. The lowest BCUT2D eigenvalue weighted by Crippen LogP contribution is -2.06. The monoisotopic (exact) mass is 221 g/mol. The topological polar surface area (TPSA) is 85.8 Å². The van der Waals surface area contributed by atoms with E-state index in [-0.39, 0.29) is 5.56 Å². The first kappa shape index (κ1) is 10.3. The first-order valence-electron chi connectivity index (χ1n) is 4.69. The number of hydrogen-bond donors (Lipinski definition) is 1. The van der Waals surface area contributed by atoms with Gasteiger partial charge in [0.2, 0.25) is 0 Å². The number of nitrogens with zero attached hydrogens (tertiary/aromatic N) is 5. The van der Waals surface area contributed by atoms with Crippen molar-refractivity contribution in [3.05, 3.63) is 29.3 Å². The predicted octanol–water partition coefficient (Wildman–Crippen LogP) is 0.0665. The van der Waals surface area contributed by atoms with E-state index in [0.29, 0.717) is 12.2 Å². The molecule has 0 fully saturated rings. The van der Waals surface area contributed by atoms with Gasteiger partial charge >= 0.3 is 5.97 Å². The quantitative estimate of drug-likeness (QED) is 0.792. The highest BCUT2D eigenvalue weighted by Crippen LogP contribution is 2.08. The fraction of sp³-hybridized carbons (Fsp3) is 0.333. The first-order valence-corrected chi connectivity index (χ1v) is 4.69. The van der Waals surface area contributed by atoms with Crippen LogP contribution in [0.5, 0.6) is 0 Å². The van der Waals surface area contributed by atoms with E-state index in [2.05, 4.69) is 15.4 Å². The van der Waals surface area contributed by atoms with Gasteiger partial charge in [0.05, 0.1) is 18.4 Å². The molecular weight excluding hydrogens is 210 g/mol. The Morgan fingerprint density at radius 1 is 1.56 bits per heavy atom. The van der Waals surface area contributed by atoms with Crippen molar-refractivity contribution >= 4 is 5.97 Å². The Bertz CT molecular complexity index is 528. The van der Waals surface area contributed by atoms with Gasteiger partial charge in [0.1, 0.15) is 11.3 Å². The second kappa shape index (κ2) is 3.76. The zero-order chi connectivity index (χ0) is 11.7. The van der Waals surface area contributed by atoms with E-state index in [0.717, 1.165) is 5.69 Å². The van der Waals surface area contributed by atoms with Crippen molar-refractivity contribution in [2.24, 2.45) is 7.05 Å². The van der Waals surface area contributed by atoms with Gasteiger partial charge in [0, 0.05) is 13.2 Å². The molecule has 7 nitrogen and oxygen atoms in total. The van der Waals surface area contributed by atoms with Crippen LogP contribution in [0.3, 0.4) is 0 Å². The largest absolute Gasteiger partial charge is 0.478 e. The standard InChI is InChI=1S/C9H11N5O2/c1-6-8(9(15)16)3-10-14(6)5-7-4-13(2)12-11-7/h3-4H,5H2,1-2H3,(H,15,16). The van der Waals surface area contributed by atoms with E-state index >= 15 is 0 Å². The second-order valence-corrected chi connectivity index (χ2v) is 3.49. The molecule has 2 rings (SSSR count). The molecule has 0 radical (unpaired) electrons. The number of hydrogen-bond acceptors (Lipinski definition) is 4. The van der Waals surface area contributed by atoms with E-state index < -0.39 is 5.97 Å². The maximum Gasteiger partial charge on any atom is 0.339 e. The van der Waals surface area contributed by atoms with Gasteiger partial charge in [-0.1, -0.05) is 5.21 Å². The van der Waals surface area contributed by atoms with Crippen molar-refractivity contribution in [3.8, 4) is 0 Å². The highest BCUT2D eigenvalue weighted by Gasteiger charge is 2.13. The molecule has 16 heavy (non-hydrogen) atoms. The van der Waals surface area contributed by atoms with Crippen LogP contribution in [0.1, 0.15) is 21.7 Å². The van der Waals surface area contributed by atoms with Gasteiger partial charge in [-0.3, -0.25) is 9.36 Å². The van der Waals surface area contributed by atoms with Crippen LogP contribution in [0.4, 0.5) is 0 Å². The summed E-state index contributed by atoms with van der Waals surface area (Å²) >= 11 is 0. The molecule has 0 atom stereocenters. The highest BCUT2D eigenvalue weighted by molar-refractivity contribution is 5.88. The minimum absolute atomic E-state index is 0.212. The van der Waals surface area contributed by atoms with Crippen molar-refractivity contribution in [2.75, 3.05) is 0 Å². The van der Waals surface area contributed by atoms with E-state index in [9.17, 15) is 4.79 Å². The fourth-order valence-corrected chi connectivity index (χ4v) is 1.44. The molecule has 84 valence electrons. The molecule has 0 aliphatic carbocycles. The Balaban J connectivity index is 2.25. The first-order chi connectivity index (χ1) is 7.58. The maximum absolute atomic E-state index is 10.8. The summed E-state index contributed by atoms with van der Waals surface area (Å²) in [5, 5.41) is 20.6. The third-order valence-corrected chi connectivity index (χ3v) is 2.30. The van der Waals surface area contributed by atoms with Gasteiger partial charge in [0.25, 0.3) is 0 Å². The van der Waals surface area contributed by atoms with Gasteiger partial charge in [-0.2, -0.15) is 5.10 Å². The Kier molecular flexibility index (Phi) is 2.43. The SMILES string of the molecule is Cc1c(C(=O)O)cnn1Cc1cn(C)nn1. The van der Waals surface area contributed by atoms with Crippen LogP contribution in [0.2, 0.25) is 0 Å². The number of carboxylic acid groups (broad SMARTS) is 1. The van der Waals surface area contributed by atoms with Gasteiger partial charge in [-0.15, -0.1) is 5.10 Å². The third kappa shape index (κ3) is 1.79. The van der Waals surface area contributed by atoms with E-state index in [1.54, 1.807) is 29.5 Å². The minimum Gasteiger partial charge on any atom is -0.478 e. The maximum atomic E-state index is 10.8. The molecule has 0 saturated carbocycles. The van der Waals surface area contributed by atoms with Gasteiger partial charge < -0.3 is 5.11 Å². The van der Waals surface area contributed by atoms with Crippen molar-refractivity contribution in [2.45, 2.75) is 13.5 Å². The van der Waals surface area contributed by atoms with E-state index in [4.69, 9.17) is 5.11 Å². The van der Waals surface area contributed by atoms with Gasteiger partial charge in [-0.05, 0) is 6.92 Å². The van der Waals surface area contributed by atoms with Crippen molar-refractivity contribution in [1.82, 2.24) is 24.8 Å². The third-order valence-electron chi connectivity index (χ3n) is 2.30. The van der Waals surface area contributed by atoms with Crippen molar-refractivity contribution < 1.29 is 9.90 Å². The highest BCUT2D eigenvalue weighted by atomic mass is 16.4. The Hall–Kier alpha value is -2.18. The van der Waals surface area contributed by atoms with Crippen LogP contribution >= 0.6 is 0 Å². The lowest BCUT2D eigenvalue weighted by molar-refractivity contribution is 0.0696. The number of aromatic carboxylic acids is 1. The molecular formula is C9H11N5O2. The summed E-state index contributed by atoms with van der Waals surface area (Å²) in [4.78, 5) is 10.8. The number of aryl methyl sites for hydroxylation is 1. The molecule has 2 aromatic rings. The molecule has 0 amide bonds. The summed E-state index contributed by atoms with van der Waals surface area (Å²) in [6, 6.07) is 0. The fourth-order valence-electron chi connectivity index (χ4n) is 1.44. The summed E-state index contributed by atoms with van der Waals surface area (Å²) in [7, 11) is 1.77. The summed E-state index contributed by atoms with van der Waals surface area (Å²) in [5.41, 5.74) is 1.56. The van der Waals surface area contributed by atoms with Crippen LogP contribution in [-0.4, -0.2) is 35.9 Å². The van der Waals surface area contributed by atoms with Gasteiger partial charge in [-0.25, -0.2) is 4.79 Å². The molecule has 2 heterocycles. The summed E-state index contributed by atoms with van der Waals surface area (Å²) in [5.74, 6) is -0.970. The average molecular weight is 221 g/mol. The zero-order valence-corrected chi connectivity index (χ0v) is 8.95. The molecule has 0 unspecified atom stereocenters. The van der Waals surface area contributed by atoms with Gasteiger partial charge in [0.15, 0.2) is 0 Å². The molecule has 0 aromatic carbocycles. The molecule has 2 aromatic heterocycles. The Morgan fingerprint density at radius 2 is 2.31 bits per heavy atom. The average Bonchev–Trinajstić information content (AvgIpc) is 2.76. The molecule has 1 N–H and O–H groups in total. The van der Waals surface area contributed by atoms with Crippen LogP contribution < -0.4 is 0 Å². The summed E-state index contributed by atoms with van der Waals surface area (Å²) in [6.07, 6.45) is 3.11. The molecule has 0 bridgehead atoms. The van der Waals surface area contributed by atoms with E-state index in [1.165, 1.54) is 6.20 Å². The Morgan fingerprint density at radius 3 is 2.81 bits per heavy atom. The number of carbonyl (C=O) groups is 1. The van der Waals surface area contributed by atoms with Crippen molar-refractivity contribution in [1.29, 1.82) is 0 Å². The smallest absolute Gasteiger partial charge is 0.339 e. The Labute approximate surface area is 91.3 Å². The summed E-state index contributed by atoms with van der Waals surface area (Å²) in [6.45, 7) is 2.14. The number of aromatic nitrogens is 5.